The van der Waals surface area contributed by atoms with E-state index in [1.54, 1.807) is 18.2 Å². The lowest BCUT2D eigenvalue weighted by Gasteiger charge is -2.51. The van der Waals surface area contributed by atoms with Gasteiger partial charge in [-0.15, -0.1) is 272 Å². The highest BCUT2D eigenvalue weighted by Gasteiger charge is 2.50. The van der Waals surface area contributed by atoms with Crippen molar-refractivity contribution in [1.82, 2.24) is 10.6 Å². The van der Waals surface area contributed by atoms with Crippen LogP contribution in [0.3, 0.4) is 0 Å². The third-order valence-electron chi connectivity index (χ3n) is 8.73. The summed E-state index contributed by atoms with van der Waals surface area (Å²) in [7, 11) is 95.6. The fourth-order valence-electron chi connectivity index (χ4n) is 5.58. The van der Waals surface area contributed by atoms with Crippen LogP contribution in [-0.2, 0) is 19.1 Å². The van der Waals surface area contributed by atoms with E-state index in [1.807, 2.05) is 55.4 Å². The first kappa shape index (κ1) is 121. The minimum Gasteiger partial charge on any atom is -0.444 e. The van der Waals surface area contributed by atoms with Crippen molar-refractivity contribution in [2.75, 3.05) is 6.61 Å². The first-order valence-electron chi connectivity index (χ1n) is 24.5. The quantitative estimate of drug-likeness (QED) is 0.0432. The predicted octanol–water partition coefficient (Wildman–Crippen LogP) is 37.2. The fourth-order valence-corrected chi connectivity index (χ4v) is 702. The Labute approximate surface area is 656 Å². The number of hydrogen-bond acceptors (Lipinski definition) is 7. The molecule has 0 bridgehead atoms. The van der Waals surface area contributed by atoms with Gasteiger partial charge in [0.25, 0.3) is 0 Å². The first-order chi connectivity index (χ1) is 42.0. The summed E-state index contributed by atoms with van der Waals surface area (Å²) in [6.45, 7) is 24.6. The lowest BCUT2D eigenvalue weighted by Crippen LogP contribution is -2.39. The molecule has 546 valence electrons. The molecular formula is C28H107N2O7P55. The van der Waals surface area contributed by atoms with Gasteiger partial charge in [0, 0.05) is 0 Å². The number of carbonyl (C=O) groups excluding carboxylic acids is 4. The summed E-state index contributed by atoms with van der Waals surface area (Å²) in [4.78, 5) is 39.5. The maximum Gasteiger partial charge on any atom is 0.408 e. The average Bonchev–Trinajstić information content (AvgIpc) is 0.818. The van der Waals surface area contributed by atoms with Crippen molar-refractivity contribution in [3.05, 3.63) is 48.6 Å². The van der Waals surface area contributed by atoms with E-state index in [2.05, 4.69) is 296 Å². The number of hydrogen-bond donors (Lipinski definition) is 3. The molecule has 0 saturated carbocycles. The van der Waals surface area contributed by atoms with E-state index in [-0.39, 0.29) is 206 Å². The van der Waals surface area contributed by atoms with E-state index in [4.69, 9.17) is 24.2 Å². The van der Waals surface area contributed by atoms with Gasteiger partial charge in [0.2, 0.25) is 0 Å². The molecule has 0 radical (unpaired) electrons. The number of carbonyl (C=O) groups is 2. The summed E-state index contributed by atoms with van der Waals surface area (Å²) in [5.74, 6) is 0. The van der Waals surface area contributed by atoms with Gasteiger partial charge in [-0.2, -0.15) is 9.59 Å². The van der Waals surface area contributed by atoms with E-state index in [0.717, 1.165) is 25.5 Å². The van der Waals surface area contributed by atoms with Gasteiger partial charge >= 0.3 is 18.3 Å². The third-order valence-corrected chi connectivity index (χ3v) is 369. The van der Waals surface area contributed by atoms with Crippen LogP contribution in [0, 0.1) is 0 Å². The van der Waals surface area contributed by atoms with Crippen LogP contribution in [0.15, 0.2) is 48.6 Å². The summed E-state index contributed by atoms with van der Waals surface area (Å²) in [6, 6.07) is -0.211. The van der Waals surface area contributed by atoms with Crippen molar-refractivity contribution >= 4 is 460 Å². The van der Waals surface area contributed by atoms with Gasteiger partial charge in [0.1, 0.15) is 11.2 Å². The van der Waals surface area contributed by atoms with E-state index in [1.165, 1.54) is 0 Å². The normalized spacial score (nSPS) is 15.0. The Balaban J connectivity index is -0.000000369. The zero-order valence-corrected chi connectivity index (χ0v) is 109. The van der Waals surface area contributed by atoms with Crippen LogP contribution in [0.4, 0.5) is 9.59 Å². The third kappa shape index (κ3) is 57.0. The SMILES string of the molecule is C=CC[C@H](NC(=O)OC(C)(C)C)/C(C)=C/CC.C=CC[C@H](NC(=O)OC(C)(C)C)/C(C)=C/CO.O=C=O.PP(P)P(P)P(P(P(P)P)P(P)P)P(P(P(P)P)P(P)P)P(P(P)P)P(P)P.PPP(P)P(P(P(P)P)P(P)P)P(P(P(P)P)P(P)P)P(P(P)P)P(P)P. The number of allylic oxidation sites excluding steroid dienone is 1. The van der Waals surface area contributed by atoms with Crippen molar-refractivity contribution in [3.8, 4) is 0 Å². The molecule has 2 amide bonds. The van der Waals surface area contributed by atoms with Crippen LogP contribution in [0.2, 0.25) is 0 Å². The van der Waals surface area contributed by atoms with Crippen molar-refractivity contribution < 1.29 is 33.8 Å². The molecule has 0 fully saturated rings. The highest BCUT2D eigenvalue weighted by atomic mass is 33.5. The Morgan fingerprint density at radius 3 is 0.870 bits per heavy atom. The molecule has 3 N–H and O–H groups in total. The van der Waals surface area contributed by atoms with E-state index >= 15 is 0 Å². The molecule has 34 unspecified atom stereocenters. The summed E-state index contributed by atoms with van der Waals surface area (Å²) in [6.07, 6.45) is 8.95. The van der Waals surface area contributed by atoms with Crippen LogP contribution in [-0.4, -0.2) is 53.3 Å². The Bertz CT molecular complexity index is 1930. The number of rotatable bonds is 34. The fraction of sp³-hybridized carbons (Fsp3) is 0.607. The Kier molecular flexibility index (Phi) is 92.0. The Morgan fingerprint density at radius 1 is 0.446 bits per heavy atom. The smallest absolute Gasteiger partial charge is 0.408 e. The maximum absolute atomic E-state index is 11.7. The molecule has 0 rings (SSSR count). The summed E-state index contributed by atoms with van der Waals surface area (Å²) < 4.78 is 10.4. The highest BCUT2D eigenvalue weighted by molar-refractivity contribution is 9.44. The predicted molar refractivity (Wildman–Crippen MR) is 609 cm³/mol. The minimum atomic E-state index is -0.516. The largest absolute Gasteiger partial charge is 0.444 e. The molecule has 64 heteroatoms. The number of alkyl carbamates (subject to hydrolysis) is 2. The van der Waals surface area contributed by atoms with E-state index < -0.39 is 17.3 Å². The molecule has 0 aromatic carbocycles. The molecule has 0 aliphatic carbocycles. The number of ether oxygens (including phenoxy) is 2. The number of amides is 2. The molecule has 0 saturated heterocycles. The molecule has 0 heterocycles. The second-order valence-corrected chi connectivity index (χ2v) is 237. The van der Waals surface area contributed by atoms with E-state index in [9.17, 15) is 9.59 Å². The molecule has 0 aromatic rings. The van der Waals surface area contributed by atoms with Gasteiger partial charge in [0.05, 0.1) is 18.7 Å². The van der Waals surface area contributed by atoms with Crippen molar-refractivity contribution in [2.45, 2.75) is 105 Å². The monoisotopic (exact) mass is 2290 g/mol. The van der Waals surface area contributed by atoms with Gasteiger partial charge in [-0.1, -0.05) is 50.3 Å². The summed E-state index contributed by atoms with van der Waals surface area (Å²) in [5, 5.41) is 14.4. The minimum absolute atomic E-state index is 0.00189. The number of nitrogens with one attached hydrogen (secondary N) is 2. The van der Waals surface area contributed by atoms with Gasteiger partial charge in [-0.3, -0.25) is 0 Å². The van der Waals surface area contributed by atoms with Crippen molar-refractivity contribution in [3.63, 3.8) is 0 Å². The van der Waals surface area contributed by atoms with Gasteiger partial charge in [-0.25, -0.2) is 9.59 Å². The maximum atomic E-state index is 11.7. The highest BCUT2D eigenvalue weighted by Crippen LogP contribution is 3.38. The number of aliphatic hydroxyl groups excluding tert-OH is 1. The van der Waals surface area contributed by atoms with Gasteiger partial charge in [0.15, 0.2) is 0 Å². The van der Waals surface area contributed by atoms with Gasteiger partial charge in [-0.05, 0) is 249 Å². The van der Waals surface area contributed by atoms with Crippen LogP contribution in [0.5, 0.6) is 0 Å². The Morgan fingerprint density at radius 2 is 0.674 bits per heavy atom. The van der Waals surface area contributed by atoms with Crippen LogP contribution < -0.4 is 10.6 Å². The van der Waals surface area contributed by atoms with Crippen LogP contribution >= 0.6 is 442 Å². The van der Waals surface area contributed by atoms with Crippen LogP contribution in [0.25, 0.3) is 0 Å². The van der Waals surface area contributed by atoms with Crippen LogP contribution in [0.1, 0.15) is 81.6 Å². The first-order valence-corrected chi connectivity index (χ1v) is 123. The lowest BCUT2D eigenvalue weighted by atomic mass is 10.0. The second-order valence-electron chi connectivity index (χ2n) is 18.4. The average molecular weight is 2290 g/mol. The van der Waals surface area contributed by atoms with Crippen molar-refractivity contribution in [1.29, 1.82) is 0 Å². The lowest BCUT2D eigenvalue weighted by molar-refractivity contribution is -0.191. The zero-order chi connectivity index (χ0) is 73.8. The summed E-state index contributed by atoms with van der Waals surface area (Å²) in [5.41, 5.74) is 1.04. The molecule has 0 aromatic heterocycles. The van der Waals surface area contributed by atoms with Gasteiger partial charge < -0.3 is 25.2 Å². The summed E-state index contributed by atoms with van der Waals surface area (Å²) >= 11 is 0. The second kappa shape index (κ2) is 70.0. The molecule has 92 heavy (non-hydrogen) atoms. The molecule has 0 spiro atoms. The van der Waals surface area contributed by atoms with Crippen molar-refractivity contribution in [2.24, 2.45) is 0 Å². The topological polar surface area (TPSA) is 131 Å². The molecular weight excluding hydrogens is 2180 g/mol. The number of aliphatic hydroxyl groups is 1. The molecule has 9 nitrogen and oxygen atoms in total. The molecule has 0 aliphatic rings. The standard InChI is InChI=1S/C14H25NO2.C13H23NO3.CO2.H30P28.H29P27/c1-7-9-11(3)12(10-8-2)15-13(16)17-14(4,5)6;1-6-7-11(10(2)8-9-15)14-12(16)17-13(3,4)5;2-1-3;1-16(2)23(15)27(24(17(3)4)18(5)6)28(25(19(7)8)20(9)10)26(21(11)12)22(13)14;1-15-22(14)26(23(16(2)3)17(4)5)27(24(18(6)7)19(8)9)25(20(10)11)21(12)13/h8-9,12H,2,7,10H2,1,3-6H3,(H,15,16);6,8,11,15H,1,7,9H2,2-5H3,(H,14,16);;1-15H2;15H,1-14H2/b11-9+;10-8+;;;/t12-;11-;;;/m00.../s1. The molecule has 36 atom stereocenters. The van der Waals surface area contributed by atoms with E-state index in [0.29, 0.717) is 12.8 Å². The molecule has 0 aliphatic heterocycles. The zero-order valence-electron chi connectivity index (χ0n) is 52.5. The Hall–Kier alpha value is 20.5.